The summed E-state index contributed by atoms with van der Waals surface area (Å²) in [6.45, 7) is 5.35. The third-order valence-electron chi connectivity index (χ3n) is 3.59. The highest BCUT2D eigenvalue weighted by molar-refractivity contribution is 4.79. The average molecular weight is 182 g/mol. The first-order valence-corrected chi connectivity index (χ1v) is 5.79. The van der Waals surface area contributed by atoms with Crippen molar-refractivity contribution in [2.75, 3.05) is 33.2 Å². The third kappa shape index (κ3) is 2.44. The number of likely N-dealkylation sites (N-methyl/N-ethyl adjacent to an activating group) is 1. The van der Waals surface area contributed by atoms with E-state index in [9.17, 15) is 0 Å². The summed E-state index contributed by atoms with van der Waals surface area (Å²) in [7, 11) is 2.29. The minimum atomic E-state index is 0.854. The van der Waals surface area contributed by atoms with Crippen molar-refractivity contribution < 1.29 is 0 Å². The van der Waals surface area contributed by atoms with Crippen LogP contribution in [-0.2, 0) is 0 Å². The van der Waals surface area contributed by atoms with Gasteiger partial charge in [-0.1, -0.05) is 6.42 Å². The highest BCUT2D eigenvalue weighted by Gasteiger charge is 2.22. The van der Waals surface area contributed by atoms with Crippen molar-refractivity contribution >= 4 is 0 Å². The molecule has 76 valence electrons. The Kier molecular flexibility index (Phi) is 3.23. The van der Waals surface area contributed by atoms with Crippen LogP contribution in [0.2, 0.25) is 0 Å². The monoisotopic (exact) mass is 182 g/mol. The van der Waals surface area contributed by atoms with E-state index in [0.29, 0.717) is 0 Å². The van der Waals surface area contributed by atoms with E-state index >= 15 is 0 Å². The molecule has 2 fully saturated rings. The molecule has 0 amide bonds. The first-order valence-electron chi connectivity index (χ1n) is 5.79. The first kappa shape index (κ1) is 9.47. The molecule has 0 unspecified atom stereocenters. The van der Waals surface area contributed by atoms with Crippen LogP contribution in [-0.4, -0.2) is 49.1 Å². The molecule has 2 aliphatic rings. The van der Waals surface area contributed by atoms with E-state index in [-0.39, 0.29) is 0 Å². The molecule has 0 aromatic heterocycles. The molecule has 2 heteroatoms. The largest absolute Gasteiger partial charge is 0.302 e. The molecule has 2 nitrogen and oxygen atoms in total. The van der Waals surface area contributed by atoms with E-state index < -0.39 is 0 Å². The zero-order chi connectivity index (χ0) is 9.10. The predicted molar refractivity (Wildman–Crippen MR) is 55.9 cm³/mol. The van der Waals surface area contributed by atoms with Crippen molar-refractivity contribution in [1.29, 1.82) is 0 Å². The SMILES string of the molecule is CN1CCCC[C@H]1CN1CCCC1. The normalized spacial score (nSPS) is 32.5. The smallest absolute Gasteiger partial charge is 0.0220 e. The van der Waals surface area contributed by atoms with Crippen molar-refractivity contribution in [2.45, 2.75) is 38.1 Å². The number of nitrogens with zero attached hydrogens (tertiary/aromatic N) is 2. The molecule has 2 aliphatic heterocycles. The van der Waals surface area contributed by atoms with Crippen LogP contribution in [0.15, 0.2) is 0 Å². The van der Waals surface area contributed by atoms with E-state index in [1.165, 1.54) is 58.3 Å². The third-order valence-corrected chi connectivity index (χ3v) is 3.59. The van der Waals surface area contributed by atoms with Gasteiger partial charge in [-0.05, 0) is 52.4 Å². The number of rotatable bonds is 2. The van der Waals surface area contributed by atoms with Gasteiger partial charge in [-0.25, -0.2) is 0 Å². The Morgan fingerprint density at radius 2 is 1.69 bits per heavy atom. The van der Waals surface area contributed by atoms with Crippen LogP contribution in [0.3, 0.4) is 0 Å². The molecule has 0 spiro atoms. The van der Waals surface area contributed by atoms with E-state index in [2.05, 4.69) is 16.8 Å². The fourth-order valence-corrected chi connectivity index (χ4v) is 2.64. The maximum absolute atomic E-state index is 2.65. The summed E-state index contributed by atoms with van der Waals surface area (Å²) < 4.78 is 0. The quantitative estimate of drug-likeness (QED) is 0.639. The number of hydrogen-bond acceptors (Lipinski definition) is 2. The lowest BCUT2D eigenvalue weighted by molar-refractivity contribution is 0.141. The standard InChI is InChI=1S/C11H22N2/c1-12-7-3-2-6-11(12)10-13-8-4-5-9-13/h11H,2-10H2,1H3/t11-/m0/s1. The number of hydrogen-bond donors (Lipinski definition) is 0. The lowest BCUT2D eigenvalue weighted by Crippen LogP contribution is -2.43. The predicted octanol–water partition coefficient (Wildman–Crippen LogP) is 1.57. The molecule has 1 atom stereocenters. The molecule has 13 heavy (non-hydrogen) atoms. The Balaban J connectivity index is 1.78. The zero-order valence-corrected chi connectivity index (χ0v) is 8.84. The van der Waals surface area contributed by atoms with E-state index in [1.54, 1.807) is 0 Å². The Hall–Kier alpha value is -0.0800. The zero-order valence-electron chi connectivity index (χ0n) is 8.84. The molecule has 0 aliphatic carbocycles. The second kappa shape index (κ2) is 4.43. The summed E-state index contributed by atoms with van der Waals surface area (Å²) in [4.78, 5) is 5.20. The fraction of sp³-hybridized carbons (Fsp3) is 1.00. The summed E-state index contributed by atoms with van der Waals surface area (Å²) in [5, 5.41) is 0. The van der Waals surface area contributed by atoms with Crippen LogP contribution in [0.1, 0.15) is 32.1 Å². The van der Waals surface area contributed by atoms with Crippen LogP contribution >= 0.6 is 0 Å². The Bertz CT molecular complexity index is 152. The minimum absolute atomic E-state index is 0.854. The van der Waals surface area contributed by atoms with Crippen molar-refractivity contribution in [1.82, 2.24) is 9.80 Å². The second-order valence-electron chi connectivity index (χ2n) is 4.64. The summed E-state index contributed by atoms with van der Waals surface area (Å²) in [6, 6.07) is 0.854. The van der Waals surface area contributed by atoms with Crippen LogP contribution in [0.25, 0.3) is 0 Å². The average Bonchev–Trinajstić information content (AvgIpc) is 2.61. The van der Waals surface area contributed by atoms with Crippen LogP contribution in [0.4, 0.5) is 0 Å². The topological polar surface area (TPSA) is 6.48 Å². The molecular weight excluding hydrogens is 160 g/mol. The van der Waals surface area contributed by atoms with Gasteiger partial charge < -0.3 is 9.80 Å². The van der Waals surface area contributed by atoms with Crippen molar-refractivity contribution in [3.63, 3.8) is 0 Å². The Morgan fingerprint density at radius 3 is 2.38 bits per heavy atom. The van der Waals surface area contributed by atoms with Gasteiger partial charge in [-0.3, -0.25) is 0 Å². The minimum Gasteiger partial charge on any atom is -0.302 e. The molecule has 2 rings (SSSR count). The van der Waals surface area contributed by atoms with Gasteiger partial charge in [0.1, 0.15) is 0 Å². The van der Waals surface area contributed by atoms with Gasteiger partial charge in [-0.15, -0.1) is 0 Å². The van der Waals surface area contributed by atoms with Crippen molar-refractivity contribution in [3.05, 3.63) is 0 Å². The van der Waals surface area contributed by atoms with Crippen LogP contribution in [0.5, 0.6) is 0 Å². The molecule has 0 N–H and O–H groups in total. The van der Waals surface area contributed by atoms with Gasteiger partial charge in [0.25, 0.3) is 0 Å². The van der Waals surface area contributed by atoms with Crippen molar-refractivity contribution in [2.24, 2.45) is 0 Å². The lowest BCUT2D eigenvalue weighted by Gasteiger charge is -2.35. The van der Waals surface area contributed by atoms with Crippen LogP contribution in [0, 0.1) is 0 Å². The van der Waals surface area contributed by atoms with Crippen molar-refractivity contribution in [3.8, 4) is 0 Å². The van der Waals surface area contributed by atoms with E-state index in [4.69, 9.17) is 0 Å². The molecule has 2 heterocycles. The maximum Gasteiger partial charge on any atom is 0.0220 e. The van der Waals surface area contributed by atoms with Gasteiger partial charge in [0.05, 0.1) is 0 Å². The molecule has 0 saturated carbocycles. The highest BCUT2D eigenvalue weighted by atomic mass is 15.2. The van der Waals surface area contributed by atoms with E-state index in [1.807, 2.05) is 0 Å². The number of likely N-dealkylation sites (tertiary alicyclic amines) is 2. The van der Waals surface area contributed by atoms with Gasteiger partial charge in [0.15, 0.2) is 0 Å². The van der Waals surface area contributed by atoms with E-state index in [0.717, 1.165) is 6.04 Å². The van der Waals surface area contributed by atoms with Gasteiger partial charge in [0, 0.05) is 12.6 Å². The fourth-order valence-electron chi connectivity index (χ4n) is 2.64. The van der Waals surface area contributed by atoms with Gasteiger partial charge >= 0.3 is 0 Å². The van der Waals surface area contributed by atoms with Gasteiger partial charge in [-0.2, -0.15) is 0 Å². The number of piperidine rings is 1. The van der Waals surface area contributed by atoms with Gasteiger partial charge in [0.2, 0.25) is 0 Å². The summed E-state index contributed by atoms with van der Waals surface area (Å²) in [5.41, 5.74) is 0. The highest BCUT2D eigenvalue weighted by Crippen LogP contribution is 2.18. The Morgan fingerprint density at radius 1 is 1.00 bits per heavy atom. The summed E-state index contributed by atoms with van der Waals surface area (Å²) >= 11 is 0. The Labute approximate surface area is 81.9 Å². The molecule has 0 radical (unpaired) electrons. The molecular formula is C11H22N2. The molecule has 0 aromatic carbocycles. The molecule has 0 aromatic rings. The second-order valence-corrected chi connectivity index (χ2v) is 4.64. The van der Waals surface area contributed by atoms with Crippen LogP contribution < -0.4 is 0 Å². The molecule has 2 saturated heterocycles. The maximum atomic E-state index is 2.65. The molecule has 0 bridgehead atoms. The lowest BCUT2D eigenvalue weighted by atomic mass is 10.0. The summed E-state index contributed by atoms with van der Waals surface area (Å²) in [5.74, 6) is 0. The summed E-state index contributed by atoms with van der Waals surface area (Å²) in [6.07, 6.45) is 7.13. The first-order chi connectivity index (χ1) is 6.36.